The fourth-order valence-electron chi connectivity index (χ4n) is 3.25. The van der Waals surface area contributed by atoms with Gasteiger partial charge in [-0.3, -0.25) is 9.69 Å². The Hall–Kier alpha value is -1.90. The van der Waals surface area contributed by atoms with Crippen LogP contribution >= 0.6 is 0 Å². The highest BCUT2D eigenvalue weighted by atomic mass is 16.3. The van der Waals surface area contributed by atoms with Gasteiger partial charge in [0.05, 0.1) is 18.7 Å². The molecule has 1 aromatic carbocycles. The Balaban J connectivity index is 1.93. The van der Waals surface area contributed by atoms with Crippen molar-refractivity contribution < 1.29 is 9.90 Å². The molecular weight excluding hydrogens is 314 g/mol. The number of benzene rings is 1. The molecule has 1 fully saturated rings. The highest BCUT2D eigenvalue weighted by molar-refractivity contribution is 5.79. The minimum Gasteiger partial charge on any atom is -0.388 e. The van der Waals surface area contributed by atoms with E-state index >= 15 is 0 Å². The van der Waals surface area contributed by atoms with Gasteiger partial charge in [0.25, 0.3) is 0 Å². The lowest BCUT2D eigenvalue weighted by molar-refractivity contribution is -0.124. The Morgan fingerprint density at radius 3 is 2.72 bits per heavy atom. The van der Waals surface area contributed by atoms with E-state index in [-0.39, 0.29) is 24.4 Å². The van der Waals surface area contributed by atoms with Crippen LogP contribution in [-0.2, 0) is 4.79 Å². The molecule has 0 spiro atoms. The van der Waals surface area contributed by atoms with Gasteiger partial charge in [0, 0.05) is 6.04 Å². The monoisotopic (exact) mass is 343 g/mol. The smallest absolute Gasteiger partial charge is 0.235 e. The molecule has 3 atom stereocenters. The molecule has 0 aliphatic carbocycles. The molecule has 0 radical (unpaired) electrons. The third-order valence-corrected chi connectivity index (χ3v) is 5.31. The molecule has 2 N–H and O–H groups in total. The van der Waals surface area contributed by atoms with Crippen LogP contribution in [0.3, 0.4) is 0 Å². The average molecular weight is 343 g/mol. The first-order valence-corrected chi connectivity index (χ1v) is 9.05. The minimum absolute atomic E-state index is 0.0377. The molecule has 1 aliphatic heterocycles. The molecular formula is C20H29N3O2. The molecule has 136 valence electrons. The van der Waals surface area contributed by atoms with E-state index in [2.05, 4.69) is 16.3 Å². The average Bonchev–Trinajstić information content (AvgIpc) is 3.01. The van der Waals surface area contributed by atoms with Crippen molar-refractivity contribution in [3.63, 3.8) is 0 Å². The van der Waals surface area contributed by atoms with Gasteiger partial charge in [-0.25, -0.2) is 0 Å². The summed E-state index contributed by atoms with van der Waals surface area (Å²) in [7, 11) is 0. The molecule has 2 rings (SSSR count). The van der Waals surface area contributed by atoms with Gasteiger partial charge in [0.2, 0.25) is 5.91 Å². The summed E-state index contributed by atoms with van der Waals surface area (Å²) in [6.45, 7) is 6.74. The van der Waals surface area contributed by atoms with E-state index in [4.69, 9.17) is 0 Å². The SMILES string of the molecule is CC(C)[C@](C)(C#N)NC(=O)CN1CCC[C@@H]1C[C@H](O)c1ccccc1. The van der Waals surface area contributed by atoms with E-state index in [0.717, 1.165) is 24.9 Å². The maximum atomic E-state index is 12.4. The second-order valence-electron chi connectivity index (χ2n) is 7.45. The van der Waals surface area contributed by atoms with Gasteiger partial charge in [-0.15, -0.1) is 0 Å². The van der Waals surface area contributed by atoms with Crippen molar-refractivity contribution in [2.75, 3.05) is 13.1 Å². The summed E-state index contributed by atoms with van der Waals surface area (Å²) in [5.74, 6) is -0.0884. The van der Waals surface area contributed by atoms with Crippen LogP contribution in [0.4, 0.5) is 0 Å². The van der Waals surface area contributed by atoms with Crippen molar-refractivity contribution in [1.82, 2.24) is 10.2 Å². The Labute approximate surface area is 150 Å². The van der Waals surface area contributed by atoms with Crippen molar-refractivity contribution in [3.8, 4) is 6.07 Å². The molecule has 1 amide bonds. The number of aliphatic hydroxyl groups is 1. The summed E-state index contributed by atoms with van der Waals surface area (Å²) < 4.78 is 0. The normalized spacial score (nSPS) is 21.5. The Morgan fingerprint density at radius 1 is 1.44 bits per heavy atom. The van der Waals surface area contributed by atoms with Crippen molar-refractivity contribution in [2.24, 2.45) is 5.92 Å². The van der Waals surface area contributed by atoms with Gasteiger partial charge >= 0.3 is 0 Å². The van der Waals surface area contributed by atoms with Crippen LogP contribution in [0.1, 0.15) is 51.7 Å². The highest BCUT2D eigenvalue weighted by Crippen LogP contribution is 2.27. The Morgan fingerprint density at radius 2 is 2.12 bits per heavy atom. The Bertz CT molecular complexity index is 611. The molecule has 0 saturated carbocycles. The number of nitrogens with one attached hydrogen (secondary N) is 1. The lowest BCUT2D eigenvalue weighted by atomic mass is 9.90. The quantitative estimate of drug-likeness (QED) is 0.798. The van der Waals surface area contributed by atoms with Crippen LogP contribution in [0.2, 0.25) is 0 Å². The summed E-state index contributed by atoms with van der Waals surface area (Å²) in [6, 6.07) is 12.0. The number of likely N-dealkylation sites (tertiary alicyclic amines) is 1. The number of nitriles is 1. The summed E-state index contributed by atoms with van der Waals surface area (Å²) in [5.41, 5.74) is 0.0613. The van der Waals surface area contributed by atoms with E-state index in [1.807, 2.05) is 44.2 Å². The second-order valence-corrected chi connectivity index (χ2v) is 7.45. The fraction of sp³-hybridized carbons (Fsp3) is 0.600. The van der Waals surface area contributed by atoms with E-state index in [0.29, 0.717) is 6.42 Å². The van der Waals surface area contributed by atoms with Crippen LogP contribution in [0.25, 0.3) is 0 Å². The summed E-state index contributed by atoms with van der Waals surface area (Å²) in [6.07, 6.45) is 2.11. The number of amides is 1. The third-order valence-electron chi connectivity index (χ3n) is 5.31. The maximum absolute atomic E-state index is 12.4. The zero-order valence-electron chi connectivity index (χ0n) is 15.4. The molecule has 25 heavy (non-hydrogen) atoms. The number of rotatable bonds is 7. The molecule has 1 aromatic rings. The van der Waals surface area contributed by atoms with Crippen molar-refractivity contribution in [1.29, 1.82) is 5.26 Å². The van der Waals surface area contributed by atoms with Crippen LogP contribution in [0, 0.1) is 17.2 Å². The van der Waals surface area contributed by atoms with E-state index in [1.54, 1.807) is 6.92 Å². The summed E-state index contributed by atoms with van der Waals surface area (Å²) in [5, 5.41) is 22.7. The van der Waals surface area contributed by atoms with E-state index in [9.17, 15) is 15.2 Å². The number of aliphatic hydroxyl groups excluding tert-OH is 1. The van der Waals surface area contributed by atoms with Crippen molar-refractivity contribution >= 4 is 5.91 Å². The number of hydrogen-bond acceptors (Lipinski definition) is 4. The standard InChI is InChI=1S/C20H29N3O2/c1-15(2)20(3,14-21)22-19(25)13-23-11-7-10-17(23)12-18(24)16-8-5-4-6-9-16/h4-6,8-9,15,17-18,24H,7,10-13H2,1-3H3,(H,22,25)/t17-,18+,20+/m1/s1. The number of carbonyl (C=O) groups is 1. The summed E-state index contributed by atoms with van der Waals surface area (Å²) in [4.78, 5) is 14.5. The maximum Gasteiger partial charge on any atom is 0.235 e. The second kappa shape index (κ2) is 8.46. The van der Waals surface area contributed by atoms with Crippen LogP contribution in [0.15, 0.2) is 30.3 Å². The first-order valence-electron chi connectivity index (χ1n) is 9.05. The molecule has 1 aliphatic rings. The first kappa shape index (κ1) is 19.4. The van der Waals surface area contributed by atoms with Crippen molar-refractivity contribution in [3.05, 3.63) is 35.9 Å². The van der Waals surface area contributed by atoms with Gasteiger partial charge < -0.3 is 10.4 Å². The van der Waals surface area contributed by atoms with Gasteiger partial charge in [-0.05, 0) is 44.2 Å². The largest absolute Gasteiger partial charge is 0.388 e. The van der Waals surface area contributed by atoms with Gasteiger partial charge in [-0.2, -0.15) is 5.26 Å². The molecule has 1 heterocycles. The number of nitrogens with zero attached hydrogens (tertiary/aromatic N) is 2. The number of hydrogen-bond donors (Lipinski definition) is 2. The molecule has 1 saturated heterocycles. The molecule has 0 unspecified atom stereocenters. The van der Waals surface area contributed by atoms with Gasteiger partial charge in [0.15, 0.2) is 0 Å². The topological polar surface area (TPSA) is 76.4 Å². The van der Waals surface area contributed by atoms with Gasteiger partial charge in [0.1, 0.15) is 5.54 Å². The predicted molar refractivity (Wildman–Crippen MR) is 97.6 cm³/mol. The van der Waals surface area contributed by atoms with Gasteiger partial charge in [-0.1, -0.05) is 44.2 Å². The molecule has 5 heteroatoms. The molecule has 0 bridgehead atoms. The van der Waals surface area contributed by atoms with Crippen molar-refractivity contribution in [2.45, 2.75) is 57.7 Å². The summed E-state index contributed by atoms with van der Waals surface area (Å²) >= 11 is 0. The third kappa shape index (κ3) is 5.04. The fourth-order valence-corrected chi connectivity index (χ4v) is 3.25. The molecule has 5 nitrogen and oxygen atoms in total. The lowest BCUT2D eigenvalue weighted by Gasteiger charge is -2.30. The van der Waals surface area contributed by atoms with Crippen LogP contribution in [-0.4, -0.2) is 40.6 Å². The van der Waals surface area contributed by atoms with Crippen LogP contribution < -0.4 is 5.32 Å². The van der Waals surface area contributed by atoms with E-state index in [1.165, 1.54) is 0 Å². The minimum atomic E-state index is -0.851. The zero-order valence-corrected chi connectivity index (χ0v) is 15.4. The lowest BCUT2D eigenvalue weighted by Crippen LogP contribution is -2.52. The van der Waals surface area contributed by atoms with Crippen LogP contribution in [0.5, 0.6) is 0 Å². The zero-order chi connectivity index (χ0) is 18.4. The highest BCUT2D eigenvalue weighted by Gasteiger charge is 2.33. The Kier molecular flexibility index (Phi) is 6.57. The van der Waals surface area contributed by atoms with E-state index < -0.39 is 11.6 Å². The first-order chi connectivity index (χ1) is 11.9. The predicted octanol–water partition coefficient (Wildman–Crippen LogP) is 2.63. The number of carbonyl (C=O) groups excluding carboxylic acids is 1. The molecule has 0 aromatic heterocycles.